The highest BCUT2D eigenvalue weighted by molar-refractivity contribution is 7.89. The first-order chi connectivity index (χ1) is 8.95. The lowest BCUT2D eigenvalue weighted by Gasteiger charge is -2.18. The number of nitro benzene ring substituents is 1. The number of hydrogen-bond donors (Lipinski definition) is 0. The molecule has 0 heterocycles. The summed E-state index contributed by atoms with van der Waals surface area (Å²) in [6.07, 6.45) is 5.71. The Kier molecular flexibility index (Phi) is 5.03. The van der Waals surface area contributed by atoms with E-state index in [0.717, 1.165) is 10.4 Å². The van der Waals surface area contributed by atoms with Gasteiger partial charge in [0.25, 0.3) is 15.7 Å². The molecule has 0 atom stereocenters. The van der Waals surface area contributed by atoms with Gasteiger partial charge in [0.1, 0.15) is 0 Å². The van der Waals surface area contributed by atoms with Crippen LogP contribution in [0.3, 0.4) is 0 Å². The van der Waals surface area contributed by atoms with Gasteiger partial charge in [0.05, 0.1) is 11.5 Å². The van der Waals surface area contributed by atoms with Gasteiger partial charge >= 0.3 is 0 Å². The Bertz CT molecular complexity index is 604. The molecule has 6 nitrogen and oxygen atoms in total. The van der Waals surface area contributed by atoms with E-state index in [1.54, 1.807) is 6.92 Å². The normalized spacial score (nSPS) is 11.2. The van der Waals surface area contributed by atoms with Crippen LogP contribution >= 0.6 is 0 Å². The monoisotopic (exact) mass is 282 g/mol. The zero-order valence-corrected chi connectivity index (χ0v) is 11.3. The van der Waals surface area contributed by atoms with Crippen molar-refractivity contribution in [1.82, 2.24) is 4.31 Å². The largest absolute Gasteiger partial charge is 0.289 e. The molecule has 0 amide bonds. The fraction of sp³-hybridized carbons (Fsp3) is 0.333. The summed E-state index contributed by atoms with van der Waals surface area (Å²) in [5, 5.41) is 10.9. The number of nitro groups is 1. The smallest absolute Gasteiger partial charge is 0.258 e. The second-order valence-electron chi connectivity index (χ2n) is 3.77. The molecule has 0 spiro atoms. The van der Waals surface area contributed by atoms with Crippen LogP contribution in [0.1, 0.15) is 13.3 Å². The minimum atomic E-state index is -3.95. The summed E-state index contributed by atoms with van der Waals surface area (Å²) in [5.74, 6) is 2.25. The lowest BCUT2D eigenvalue weighted by molar-refractivity contribution is -0.387. The molecule has 0 saturated carbocycles. The number of hydrogen-bond acceptors (Lipinski definition) is 4. The first-order valence-electron chi connectivity index (χ1n) is 5.62. The van der Waals surface area contributed by atoms with E-state index >= 15 is 0 Å². The van der Waals surface area contributed by atoms with Crippen LogP contribution in [0, 0.1) is 22.5 Å². The van der Waals surface area contributed by atoms with Crippen molar-refractivity contribution in [3.05, 3.63) is 34.4 Å². The number of sulfonamides is 1. The molecule has 7 heteroatoms. The molecule has 0 aliphatic rings. The number of nitrogens with zero attached hydrogens (tertiary/aromatic N) is 2. The van der Waals surface area contributed by atoms with Crippen molar-refractivity contribution in [1.29, 1.82) is 0 Å². The molecule has 0 radical (unpaired) electrons. The van der Waals surface area contributed by atoms with Gasteiger partial charge in [0.15, 0.2) is 4.90 Å². The van der Waals surface area contributed by atoms with Crippen molar-refractivity contribution >= 4 is 15.7 Å². The predicted molar refractivity (Wildman–Crippen MR) is 71.0 cm³/mol. The Labute approximate surface area is 112 Å². The first-order valence-corrected chi connectivity index (χ1v) is 7.06. The second kappa shape index (κ2) is 6.31. The van der Waals surface area contributed by atoms with Gasteiger partial charge in [-0.05, 0) is 12.5 Å². The van der Waals surface area contributed by atoms with Crippen molar-refractivity contribution in [3.8, 4) is 12.3 Å². The van der Waals surface area contributed by atoms with E-state index in [1.807, 2.05) is 0 Å². The number of rotatable bonds is 6. The van der Waals surface area contributed by atoms with Crippen LogP contribution in [-0.4, -0.2) is 30.7 Å². The Morgan fingerprint density at radius 1 is 1.42 bits per heavy atom. The van der Waals surface area contributed by atoms with Crippen LogP contribution in [0.25, 0.3) is 0 Å². The summed E-state index contributed by atoms with van der Waals surface area (Å²) in [6, 6.07) is 5.24. The van der Waals surface area contributed by atoms with Crippen LogP contribution < -0.4 is 0 Å². The molecule has 0 aliphatic carbocycles. The molecule has 0 saturated heterocycles. The van der Waals surface area contributed by atoms with Gasteiger partial charge in [0.2, 0.25) is 0 Å². The Balaban J connectivity index is 3.34. The van der Waals surface area contributed by atoms with Gasteiger partial charge < -0.3 is 0 Å². The fourth-order valence-corrected chi connectivity index (χ4v) is 3.20. The van der Waals surface area contributed by atoms with Crippen LogP contribution in [0.5, 0.6) is 0 Å². The average molecular weight is 282 g/mol. The number of terminal acetylenes is 1. The lowest BCUT2D eigenvalue weighted by Crippen LogP contribution is -2.32. The summed E-state index contributed by atoms with van der Waals surface area (Å²) >= 11 is 0. The minimum absolute atomic E-state index is 0.109. The Morgan fingerprint density at radius 3 is 2.58 bits per heavy atom. The van der Waals surface area contributed by atoms with Crippen LogP contribution in [0.4, 0.5) is 5.69 Å². The third-order valence-corrected chi connectivity index (χ3v) is 4.31. The zero-order valence-electron chi connectivity index (χ0n) is 10.4. The summed E-state index contributed by atoms with van der Waals surface area (Å²) in [7, 11) is -3.95. The van der Waals surface area contributed by atoms with Gasteiger partial charge in [-0.3, -0.25) is 10.1 Å². The van der Waals surface area contributed by atoms with E-state index in [2.05, 4.69) is 5.92 Å². The molecule has 19 heavy (non-hydrogen) atoms. The van der Waals surface area contributed by atoms with Crippen LogP contribution in [-0.2, 0) is 10.0 Å². The third-order valence-electron chi connectivity index (χ3n) is 2.42. The van der Waals surface area contributed by atoms with E-state index in [1.165, 1.54) is 18.2 Å². The molecule has 0 fully saturated rings. The summed E-state index contributed by atoms with van der Waals surface area (Å²) < 4.78 is 25.8. The predicted octanol–water partition coefficient (Wildman–Crippen LogP) is 1.63. The SMILES string of the molecule is C#CCN(CCC)S(=O)(=O)c1ccccc1[N+](=O)[O-]. The minimum Gasteiger partial charge on any atom is -0.258 e. The lowest BCUT2D eigenvalue weighted by atomic mass is 10.3. The van der Waals surface area contributed by atoms with Crippen molar-refractivity contribution in [2.75, 3.05) is 13.1 Å². The molecule has 1 aromatic rings. The Hall–Kier alpha value is -1.91. The molecule has 0 bridgehead atoms. The molecular weight excluding hydrogens is 268 g/mol. The number of para-hydroxylation sites is 1. The summed E-state index contributed by atoms with van der Waals surface area (Å²) in [4.78, 5) is 9.84. The summed E-state index contributed by atoms with van der Waals surface area (Å²) in [5.41, 5.74) is -0.444. The third kappa shape index (κ3) is 3.30. The molecular formula is C12H14N2O4S. The van der Waals surface area contributed by atoms with Crippen molar-refractivity contribution in [2.24, 2.45) is 0 Å². The van der Waals surface area contributed by atoms with E-state index in [4.69, 9.17) is 6.42 Å². The maximum atomic E-state index is 12.4. The standard InChI is InChI=1S/C12H14N2O4S/c1-3-9-13(10-4-2)19(17,18)12-8-6-5-7-11(12)14(15)16/h1,5-8H,4,9-10H2,2H3. The van der Waals surface area contributed by atoms with E-state index in [0.29, 0.717) is 6.42 Å². The molecule has 0 unspecified atom stereocenters. The highest BCUT2D eigenvalue weighted by Gasteiger charge is 2.30. The van der Waals surface area contributed by atoms with Crippen LogP contribution in [0.15, 0.2) is 29.2 Å². The maximum Gasteiger partial charge on any atom is 0.289 e. The maximum absolute atomic E-state index is 12.4. The van der Waals surface area contributed by atoms with Gasteiger partial charge in [-0.2, -0.15) is 4.31 Å². The van der Waals surface area contributed by atoms with Gasteiger partial charge in [-0.15, -0.1) is 6.42 Å². The molecule has 0 aromatic heterocycles. The zero-order chi connectivity index (χ0) is 14.5. The van der Waals surface area contributed by atoms with Crippen LogP contribution in [0.2, 0.25) is 0 Å². The van der Waals surface area contributed by atoms with E-state index in [-0.39, 0.29) is 18.0 Å². The molecule has 1 aromatic carbocycles. The summed E-state index contributed by atoms with van der Waals surface area (Å²) in [6.45, 7) is 1.92. The molecule has 102 valence electrons. The quantitative estimate of drug-likeness (QED) is 0.451. The van der Waals surface area contributed by atoms with Gasteiger partial charge in [-0.25, -0.2) is 8.42 Å². The van der Waals surface area contributed by atoms with Crippen molar-refractivity contribution in [3.63, 3.8) is 0 Å². The van der Waals surface area contributed by atoms with E-state index < -0.39 is 20.6 Å². The van der Waals surface area contributed by atoms with Gasteiger partial charge in [-0.1, -0.05) is 25.0 Å². The van der Waals surface area contributed by atoms with Crippen molar-refractivity contribution < 1.29 is 13.3 Å². The first kappa shape index (κ1) is 15.1. The van der Waals surface area contributed by atoms with Gasteiger partial charge in [0, 0.05) is 12.6 Å². The highest BCUT2D eigenvalue weighted by atomic mass is 32.2. The fourth-order valence-electron chi connectivity index (χ4n) is 1.60. The molecule has 0 N–H and O–H groups in total. The molecule has 1 rings (SSSR count). The van der Waals surface area contributed by atoms with E-state index in [9.17, 15) is 18.5 Å². The topological polar surface area (TPSA) is 80.5 Å². The highest BCUT2D eigenvalue weighted by Crippen LogP contribution is 2.26. The second-order valence-corrected chi connectivity index (χ2v) is 5.67. The van der Waals surface area contributed by atoms with Crippen molar-refractivity contribution in [2.45, 2.75) is 18.2 Å². The molecule has 0 aliphatic heterocycles. The average Bonchev–Trinajstić information content (AvgIpc) is 2.38. The Morgan fingerprint density at radius 2 is 2.05 bits per heavy atom. The number of benzene rings is 1.